The fourth-order valence-electron chi connectivity index (χ4n) is 3.11. The maximum Gasteiger partial charge on any atom is 0.191 e. The molecule has 2 N–H and O–H groups in total. The van der Waals surface area contributed by atoms with Crippen molar-refractivity contribution in [1.29, 1.82) is 0 Å². The SMILES string of the molecule is CCNC(=NCCCOCC1CCCO1)NCCc1cc(C)ccc1OC.I. The molecular formula is C21H36IN3O3. The van der Waals surface area contributed by atoms with Gasteiger partial charge in [0.05, 0.1) is 19.8 Å². The molecule has 0 radical (unpaired) electrons. The molecule has 1 aromatic carbocycles. The molecule has 0 aromatic heterocycles. The standard InChI is InChI=1S/C21H35N3O3.HI/c1-4-22-21(23-11-6-13-26-16-19-7-5-14-27-19)24-12-10-18-15-17(2)8-9-20(18)25-3;/h8-9,15,19H,4-7,10-14,16H2,1-3H3,(H2,22,23,24);1H. The lowest BCUT2D eigenvalue weighted by molar-refractivity contribution is 0.0171. The number of halogens is 1. The summed E-state index contributed by atoms with van der Waals surface area (Å²) in [6, 6.07) is 6.28. The van der Waals surface area contributed by atoms with Crippen molar-refractivity contribution in [1.82, 2.24) is 10.6 Å². The topological polar surface area (TPSA) is 64.1 Å². The minimum Gasteiger partial charge on any atom is -0.496 e. The highest BCUT2D eigenvalue weighted by atomic mass is 127. The molecule has 1 saturated heterocycles. The average Bonchev–Trinajstić information content (AvgIpc) is 3.18. The second-order valence-electron chi connectivity index (χ2n) is 6.82. The third kappa shape index (κ3) is 9.43. The van der Waals surface area contributed by atoms with Gasteiger partial charge in [0.15, 0.2) is 5.96 Å². The Bertz CT molecular complexity index is 578. The number of hydrogen-bond acceptors (Lipinski definition) is 4. The van der Waals surface area contributed by atoms with Crippen LogP contribution >= 0.6 is 24.0 Å². The van der Waals surface area contributed by atoms with Crippen molar-refractivity contribution in [2.45, 2.75) is 45.6 Å². The number of hydrogen-bond donors (Lipinski definition) is 2. The van der Waals surface area contributed by atoms with E-state index in [1.54, 1.807) is 7.11 Å². The molecular weight excluding hydrogens is 469 g/mol. The van der Waals surface area contributed by atoms with Gasteiger partial charge in [0.1, 0.15) is 5.75 Å². The normalized spacial score (nSPS) is 16.5. The van der Waals surface area contributed by atoms with Crippen molar-refractivity contribution in [3.8, 4) is 5.75 Å². The summed E-state index contributed by atoms with van der Waals surface area (Å²) in [6.45, 7) is 8.88. The first-order chi connectivity index (χ1) is 13.2. The third-order valence-electron chi connectivity index (χ3n) is 4.51. The van der Waals surface area contributed by atoms with E-state index < -0.39 is 0 Å². The first kappa shape index (κ1) is 25.0. The zero-order chi connectivity index (χ0) is 19.3. The Hall–Kier alpha value is -1.06. The van der Waals surface area contributed by atoms with Crippen LogP contribution in [-0.4, -0.2) is 58.6 Å². The highest BCUT2D eigenvalue weighted by Gasteiger charge is 2.14. The van der Waals surface area contributed by atoms with Crippen molar-refractivity contribution in [2.24, 2.45) is 4.99 Å². The molecule has 1 fully saturated rings. The van der Waals surface area contributed by atoms with Crippen molar-refractivity contribution < 1.29 is 14.2 Å². The molecule has 0 spiro atoms. The van der Waals surface area contributed by atoms with E-state index in [-0.39, 0.29) is 24.0 Å². The van der Waals surface area contributed by atoms with E-state index in [1.807, 2.05) is 6.07 Å². The molecule has 160 valence electrons. The molecule has 1 atom stereocenters. The lowest BCUT2D eigenvalue weighted by Crippen LogP contribution is -2.38. The van der Waals surface area contributed by atoms with Crippen LogP contribution < -0.4 is 15.4 Å². The second kappa shape index (κ2) is 14.9. The predicted molar refractivity (Wildman–Crippen MR) is 125 cm³/mol. The van der Waals surface area contributed by atoms with Crippen LogP contribution in [0.1, 0.15) is 37.3 Å². The van der Waals surface area contributed by atoms with Crippen LogP contribution in [0.15, 0.2) is 23.2 Å². The highest BCUT2D eigenvalue weighted by Crippen LogP contribution is 2.19. The zero-order valence-electron chi connectivity index (χ0n) is 17.5. The van der Waals surface area contributed by atoms with Crippen LogP contribution in [0, 0.1) is 6.92 Å². The molecule has 0 saturated carbocycles. The van der Waals surface area contributed by atoms with E-state index >= 15 is 0 Å². The Kier molecular flexibility index (Phi) is 13.3. The lowest BCUT2D eigenvalue weighted by atomic mass is 10.1. The summed E-state index contributed by atoms with van der Waals surface area (Å²) in [7, 11) is 1.72. The molecule has 6 nitrogen and oxygen atoms in total. The van der Waals surface area contributed by atoms with Gasteiger partial charge in [0.2, 0.25) is 0 Å². The Labute approximate surface area is 186 Å². The monoisotopic (exact) mass is 505 g/mol. The van der Waals surface area contributed by atoms with Gasteiger partial charge in [-0.05, 0) is 51.2 Å². The van der Waals surface area contributed by atoms with E-state index in [2.05, 4.69) is 41.6 Å². The molecule has 2 rings (SSSR count). The summed E-state index contributed by atoms with van der Waals surface area (Å²) in [5.41, 5.74) is 2.46. The van der Waals surface area contributed by atoms with Crippen LogP contribution in [0.25, 0.3) is 0 Å². The van der Waals surface area contributed by atoms with E-state index in [0.717, 1.165) is 70.2 Å². The van der Waals surface area contributed by atoms with E-state index in [4.69, 9.17) is 14.2 Å². The van der Waals surface area contributed by atoms with Gasteiger partial charge in [-0.15, -0.1) is 24.0 Å². The summed E-state index contributed by atoms with van der Waals surface area (Å²) in [6.07, 6.45) is 4.38. The molecule has 1 aliphatic heterocycles. The number of aliphatic imine (C=N–C) groups is 1. The molecule has 28 heavy (non-hydrogen) atoms. The summed E-state index contributed by atoms with van der Waals surface area (Å²) in [5.74, 6) is 1.79. The molecule has 1 aliphatic rings. The number of aryl methyl sites for hydroxylation is 1. The highest BCUT2D eigenvalue weighted by molar-refractivity contribution is 14.0. The van der Waals surface area contributed by atoms with E-state index in [0.29, 0.717) is 12.7 Å². The van der Waals surface area contributed by atoms with Gasteiger partial charge in [-0.1, -0.05) is 17.7 Å². The van der Waals surface area contributed by atoms with E-state index in [1.165, 1.54) is 11.1 Å². The maximum absolute atomic E-state index is 5.69. The molecule has 0 amide bonds. The second-order valence-corrected chi connectivity index (χ2v) is 6.82. The average molecular weight is 505 g/mol. The number of guanidine groups is 1. The Morgan fingerprint density at radius 3 is 2.89 bits per heavy atom. The third-order valence-corrected chi connectivity index (χ3v) is 4.51. The van der Waals surface area contributed by atoms with Gasteiger partial charge >= 0.3 is 0 Å². The van der Waals surface area contributed by atoms with Crippen LogP contribution in [0.4, 0.5) is 0 Å². The Morgan fingerprint density at radius 2 is 2.18 bits per heavy atom. The van der Waals surface area contributed by atoms with Gasteiger partial charge in [-0.3, -0.25) is 4.99 Å². The summed E-state index contributed by atoms with van der Waals surface area (Å²) >= 11 is 0. The number of rotatable bonds is 11. The van der Waals surface area contributed by atoms with Crippen molar-refractivity contribution in [2.75, 3.05) is 46.6 Å². The van der Waals surface area contributed by atoms with Crippen molar-refractivity contribution in [3.63, 3.8) is 0 Å². The van der Waals surface area contributed by atoms with Crippen molar-refractivity contribution >= 4 is 29.9 Å². The lowest BCUT2D eigenvalue weighted by Gasteiger charge is -2.13. The van der Waals surface area contributed by atoms with Crippen LogP contribution in [0.5, 0.6) is 5.75 Å². The summed E-state index contributed by atoms with van der Waals surface area (Å²) < 4.78 is 16.7. The minimum atomic E-state index is 0. The summed E-state index contributed by atoms with van der Waals surface area (Å²) in [4.78, 5) is 4.63. The van der Waals surface area contributed by atoms with E-state index in [9.17, 15) is 0 Å². The fourth-order valence-corrected chi connectivity index (χ4v) is 3.11. The number of methoxy groups -OCH3 is 1. The maximum atomic E-state index is 5.69. The number of benzene rings is 1. The minimum absolute atomic E-state index is 0. The predicted octanol–water partition coefficient (Wildman–Crippen LogP) is 3.30. The quantitative estimate of drug-likeness (QED) is 0.209. The molecule has 0 aliphatic carbocycles. The van der Waals surface area contributed by atoms with Gasteiger partial charge in [0, 0.05) is 32.8 Å². The van der Waals surface area contributed by atoms with Crippen molar-refractivity contribution in [3.05, 3.63) is 29.3 Å². The summed E-state index contributed by atoms with van der Waals surface area (Å²) in [5, 5.41) is 6.69. The van der Waals surface area contributed by atoms with Crippen LogP contribution in [-0.2, 0) is 15.9 Å². The van der Waals surface area contributed by atoms with Gasteiger partial charge < -0.3 is 24.8 Å². The van der Waals surface area contributed by atoms with Gasteiger partial charge in [0.25, 0.3) is 0 Å². The zero-order valence-corrected chi connectivity index (χ0v) is 19.8. The Morgan fingerprint density at radius 1 is 1.32 bits per heavy atom. The number of nitrogens with zero attached hydrogens (tertiary/aromatic N) is 1. The smallest absolute Gasteiger partial charge is 0.191 e. The fraction of sp³-hybridized carbons (Fsp3) is 0.667. The molecule has 1 heterocycles. The van der Waals surface area contributed by atoms with Gasteiger partial charge in [-0.2, -0.15) is 0 Å². The number of nitrogens with one attached hydrogen (secondary N) is 2. The molecule has 1 unspecified atom stereocenters. The molecule has 1 aromatic rings. The number of ether oxygens (including phenoxy) is 3. The largest absolute Gasteiger partial charge is 0.496 e. The van der Waals surface area contributed by atoms with Crippen LogP contribution in [0.2, 0.25) is 0 Å². The Balaban J connectivity index is 0.00000392. The molecule has 7 heteroatoms. The van der Waals surface area contributed by atoms with Gasteiger partial charge in [-0.25, -0.2) is 0 Å². The molecule has 0 bridgehead atoms. The first-order valence-corrected chi connectivity index (χ1v) is 10.1. The first-order valence-electron chi connectivity index (χ1n) is 10.1. The van der Waals surface area contributed by atoms with Crippen LogP contribution in [0.3, 0.4) is 0 Å².